The van der Waals surface area contributed by atoms with Crippen molar-refractivity contribution in [3.05, 3.63) is 34.3 Å². The van der Waals surface area contributed by atoms with E-state index in [0.29, 0.717) is 12.1 Å². The molecule has 1 aliphatic carbocycles. The van der Waals surface area contributed by atoms with Crippen LogP contribution in [0, 0.1) is 0 Å². The molecule has 0 radical (unpaired) electrons. The highest BCUT2D eigenvalue weighted by Gasteiger charge is 2.28. The minimum Gasteiger partial charge on any atom is -0.444 e. The van der Waals surface area contributed by atoms with Gasteiger partial charge in [0.2, 0.25) is 0 Å². The topological polar surface area (TPSA) is 41.6 Å². The lowest BCUT2D eigenvalue weighted by Crippen LogP contribution is -2.38. The molecule has 1 saturated heterocycles. The van der Waals surface area contributed by atoms with Crippen LogP contribution in [0.1, 0.15) is 63.6 Å². The normalized spacial score (nSPS) is 23.9. The first kappa shape index (κ1) is 18.5. The van der Waals surface area contributed by atoms with Crippen LogP contribution in [0.4, 0.5) is 4.79 Å². The van der Waals surface area contributed by atoms with E-state index in [1.165, 1.54) is 11.1 Å². The Morgan fingerprint density at radius 3 is 2.80 bits per heavy atom. The Hall–Kier alpha value is -1.26. The molecule has 5 heteroatoms. The van der Waals surface area contributed by atoms with E-state index in [4.69, 9.17) is 16.3 Å². The van der Waals surface area contributed by atoms with E-state index >= 15 is 0 Å². The fourth-order valence-electron chi connectivity index (χ4n) is 3.82. The zero-order valence-corrected chi connectivity index (χ0v) is 16.2. The number of likely N-dealkylation sites (tertiary alicyclic amines) is 1. The van der Waals surface area contributed by atoms with Crippen LogP contribution in [-0.4, -0.2) is 35.7 Å². The maximum atomic E-state index is 12.3. The number of carbonyl (C=O) groups is 1. The highest BCUT2D eigenvalue weighted by atomic mass is 35.5. The predicted octanol–water partition coefficient (Wildman–Crippen LogP) is 4.71. The van der Waals surface area contributed by atoms with Crippen molar-refractivity contribution in [3.63, 3.8) is 0 Å². The van der Waals surface area contributed by atoms with Crippen LogP contribution in [0.5, 0.6) is 0 Å². The number of rotatable bonds is 2. The Balaban J connectivity index is 1.55. The number of aryl methyl sites for hydroxylation is 1. The first-order chi connectivity index (χ1) is 11.8. The minimum absolute atomic E-state index is 0.186. The molecule has 138 valence electrons. The van der Waals surface area contributed by atoms with Gasteiger partial charge in [-0.05, 0) is 76.1 Å². The molecule has 3 rings (SSSR count). The number of halogens is 1. The summed E-state index contributed by atoms with van der Waals surface area (Å²) in [4.78, 5) is 14.1. The fraction of sp³-hybridized carbons (Fsp3) is 0.650. The summed E-state index contributed by atoms with van der Waals surface area (Å²) >= 11 is 6.11. The van der Waals surface area contributed by atoms with Crippen LogP contribution >= 0.6 is 11.6 Å². The second-order valence-electron chi connectivity index (χ2n) is 8.20. The van der Waals surface area contributed by atoms with Crippen LogP contribution in [0.2, 0.25) is 5.02 Å². The van der Waals surface area contributed by atoms with Crippen molar-refractivity contribution in [1.29, 1.82) is 0 Å². The summed E-state index contributed by atoms with van der Waals surface area (Å²) in [5.74, 6) is 0. The van der Waals surface area contributed by atoms with Crippen molar-refractivity contribution in [3.8, 4) is 0 Å². The quantitative estimate of drug-likeness (QED) is 0.826. The first-order valence-electron chi connectivity index (χ1n) is 9.34. The van der Waals surface area contributed by atoms with Crippen molar-refractivity contribution in [1.82, 2.24) is 10.2 Å². The van der Waals surface area contributed by atoms with Crippen LogP contribution in [0.15, 0.2) is 18.2 Å². The monoisotopic (exact) mass is 364 g/mol. The molecule has 1 amide bonds. The summed E-state index contributed by atoms with van der Waals surface area (Å²) in [6, 6.07) is 7.09. The molecule has 1 heterocycles. The van der Waals surface area contributed by atoms with Crippen LogP contribution < -0.4 is 5.32 Å². The third kappa shape index (κ3) is 4.89. The lowest BCUT2D eigenvalue weighted by atomic mass is 10.0. The maximum Gasteiger partial charge on any atom is 0.410 e. The van der Waals surface area contributed by atoms with Crippen molar-refractivity contribution in [2.75, 3.05) is 13.1 Å². The summed E-state index contributed by atoms with van der Waals surface area (Å²) in [6.45, 7) is 7.28. The molecule has 1 aliphatic heterocycles. The third-order valence-corrected chi connectivity index (χ3v) is 5.23. The predicted molar refractivity (Wildman–Crippen MR) is 101 cm³/mol. The van der Waals surface area contributed by atoms with Gasteiger partial charge in [-0.25, -0.2) is 4.79 Å². The number of fused-ring (bicyclic) bond motifs is 1. The van der Waals surface area contributed by atoms with Gasteiger partial charge in [0, 0.05) is 30.2 Å². The smallest absolute Gasteiger partial charge is 0.410 e. The standard InChI is InChI=1S/C20H29ClN2O2/c1-20(2,3)25-19(24)23-11-4-5-16(10-12-23)22-18-9-6-14-13-15(21)7-8-17(14)18/h7-8,13,16,18,22H,4-6,9-12H2,1-3H3. The summed E-state index contributed by atoms with van der Waals surface area (Å²) in [6.07, 6.45) is 5.11. The summed E-state index contributed by atoms with van der Waals surface area (Å²) in [5.41, 5.74) is 2.32. The number of benzene rings is 1. The molecule has 2 atom stereocenters. The fourth-order valence-corrected chi connectivity index (χ4v) is 4.01. The highest BCUT2D eigenvalue weighted by Crippen LogP contribution is 2.33. The molecule has 25 heavy (non-hydrogen) atoms. The van der Waals surface area contributed by atoms with Gasteiger partial charge < -0.3 is 15.0 Å². The number of carbonyl (C=O) groups excluding carboxylic acids is 1. The van der Waals surface area contributed by atoms with Gasteiger partial charge in [0.1, 0.15) is 5.60 Å². The third-order valence-electron chi connectivity index (χ3n) is 5.00. The average Bonchev–Trinajstić information content (AvgIpc) is 2.75. The van der Waals surface area contributed by atoms with Gasteiger partial charge in [0.05, 0.1) is 0 Å². The number of nitrogens with zero attached hydrogens (tertiary/aromatic N) is 1. The Morgan fingerprint density at radius 1 is 1.24 bits per heavy atom. The largest absolute Gasteiger partial charge is 0.444 e. The Kier molecular flexibility index (Phi) is 5.59. The van der Waals surface area contributed by atoms with E-state index in [-0.39, 0.29) is 6.09 Å². The Morgan fingerprint density at radius 2 is 2.04 bits per heavy atom. The van der Waals surface area contributed by atoms with E-state index < -0.39 is 5.60 Å². The molecule has 0 aromatic heterocycles. The van der Waals surface area contributed by atoms with Gasteiger partial charge in [-0.3, -0.25) is 0 Å². The second-order valence-corrected chi connectivity index (χ2v) is 8.63. The molecular weight excluding hydrogens is 336 g/mol. The minimum atomic E-state index is -0.435. The molecule has 1 aromatic carbocycles. The van der Waals surface area contributed by atoms with Crippen LogP contribution in [0.3, 0.4) is 0 Å². The van der Waals surface area contributed by atoms with E-state index in [1.54, 1.807) is 0 Å². The number of ether oxygens (including phenoxy) is 1. The van der Waals surface area contributed by atoms with Gasteiger partial charge in [-0.15, -0.1) is 0 Å². The Labute approximate surface area is 155 Å². The Bertz CT molecular complexity index is 627. The molecular formula is C20H29ClN2O2. The molecule has 0 bridgehead atoms. The zero-order chi connectivity index (χ0) is 18.0. The second kappa shape index (κ2) is 7.55. The average molecular weight is 365 g/mol. The molecule has 0 spiro atoms. The molecule has 4 nitrogen and oxygen atoms in total. The molecule has 1 N–H and O–H groups in total. The van der Waals surface area contributed by atoms with E-state index in [0.717, 1.165) is 50.2 Å². The molecule has 1 aromatic rings. The molecule has 1 fully saturated rings. The van der Waals surface area contributed by atoms with Crippen molar-refractivity contribution in [2.24, 2.45) is 0 Å². The number of hydrogen-bond donors (Lipinski definition) is 1. The lowest BCUT2D eigenvalue weighted by molar-refractivity contribution is 0.0256. The van der Waals surface area contributed by atoms with E-state index in [1.807, 2.05) is 31.7 Å². The number of amides is 1. The van der Waals surface area contributed by atoms with E-state index in [9.17, 15) is 4.79 Å². The summed E-state index contributed by atoms with van der Waals surface area (Å²) in [5, 5.41) is 4.64. The maximum absolute atomic E-state index is 12.3. The van der Waals surface area contributed by atoms with Gasteiger partial charge in [-0.1, -0.05) is 17.7 Å². The number of hydrogen-bond acceptors (Lipinski definition) is 3. The van der Waals surface area contributed by atoms with Crippen LogP contribution in [-0.2, 0) is 11.2 Å². The molecule has 2 unspecified atom stereocenters. The van der Waals surface area contributed by atoms with Gasteiger partial charge in [-0.2, -0.15) is 0 Å². The highest BCUT2D eigenvalue weighted by molar-refractivity contribution is 6.30. The van der Waals surface area contributed by atoms with Crippen molar-refractivity contribution >= 4 is 17.7 Å². The van der Waals surface area contributed by atoms with E-state index in [2.05, 4.69) is 17.4 Å². The van der Waals surface area contributed by atoms with Gasteiger partial charge in [0.15, 0.2) is 0 Å². The zero-order valence-electron chi connectivity index (χ0n) is 15.5. The van der Waals surface area contributed by atoms with Crippen LogP contribution in [0.25, 0.3) is 0 Å². The van der Waals surface area contributed by atoms with Crippen molar-refractivity contribution in [2.45, 2.75) is 70.6 Å². The van der Waals surface area contributed by atoms with Gasteiger partial charge >= 0.3 is 6.09 Å². The summed E-state index contributed by atoms with van der Waals surface area (Å²) < 4.78 is 5.51. The SMILES string of the molecule is CC(C)(C)OC(=O)N1CCCC(NC2CCc3cc(Cl)ccc32)CC1. The molecule has 0 saturated carbocycles. The lowest BCUT2D eigenvalue weighted by Gasteiger charge is -2.26. The summed E-state index contributed by atoms with van der Waals surface area (Å²) in [7, 11) is 0. The molecule has 2 aliphatic rings. The first-order valence-corrected chi connectivity index (χ1v) is 9.72. The number of nitrogens with one attached hydrogen (secondary N) is 1. The van der Waals surface area contributed by atoms with Gasteiger partial charge in [0.25, 0.3) is 0 Å². The van der Waals surface area contributed by atoms with Crippen molar-refractivity contribution < 1.29 is 9.53 Å².